The van der Waals surface area contributed by atoms with Crippen LogP contribution in [0.25, 0.3) is 0 Å². The van der Waals surface area contributed by atoms with Crippen molar-refractivity contribution in [1.82, 2.24) is 0 Å². The first-order valence-electron chi connectivity index (χ1n) is 8.50. The van der Waals surface area contributed by atoms with Crippen molar-refractivity contribution in [3.8, 4) is 0 Å². The molecular formula is C20H26O4S2. The molecule has 2 aromatic rings. The van der Waals surface area contributed by atoms with Crippen molar-refractivity contribution in [2.24, 2.45) is 0 Å². The van der Waals surface area contributed by atoms with Crippen LogP contribution in [0.2, 0.25) is 0 Å². The van der Waals surface area contributed by atoms with Crippen LogP contribution in [0.4, 0.5) is 0 Å². The van der Waals surface area contributed by atoms with E-state index in [9.17, 15) is 10.2 Å². The third-order valence-corrected chi connectivity index (χ3v) is 6.64. The lowest BCUT2D eigenvalue weighted by Crippen LogP contribution is -2.00. The van der Waals surface area contributed by atoms with Crippen molar-refractivity contribution >= 4 is 21.6 Å². The van der Waals surface area contributed by atoms with Crippen molar-refractivity contribution in [3.63, 3.8) is 0 Å². The van der Waals surface area contributed by atoms with Gasteiger partial charge in [0.05, 0.1) is 13.2 Å². The van der Waals surface area contributed by atoms with Crippen LogP contribution >= 0.6 is 21.6 Å². The molecule has 0 unspecified atom stereocenters. The summed E-state index contributed by atoms with van der Waals surface area (Å²) in [5, 5.41) is 18.8. The first kappa shape index (κ1) is 21.3. The van der Waals surface area contributed by atoms with E-state index >= 15 is 0 Å². The molecule has 0 amide bonds. The number of hydrogen-bond donors (Lipinski definition) is 2. The van der Waals surface area contributed by atoms with Crippen LogP contribution in [-0.2, 0) is 35.5 Å². The molecule has 142 valence electrons. The van der Waals surface area contributed by atoms with Crippen LogP contribution in [0.5, 0.6) is 0 Å². The summed E-state index contributed by atoms with van der Waals surface area (Å²) in [5.74, 6) is 0. The van der Waals surface area contributed by atoms with Crippen molar-refractivity contribution < 1.29 is 19.7 Å². The monoisotopic (exact) mass is 394 g/mol. The van der Waals surface area contributed by atoms with Crippen LogP contribution in [-0.4, -0.2) is 37.6 Å². The average Bonchev–Trinajstić information content (AvgIpc) is 2.64. The summed E-state index contributed by atoms with van der Waals surface area (Å²) < 4.78 is 10.7. The highest BCUT2D eigenvalue weighted by molar-refractivity contribution is 8.76. The third-order valence-electron chi connectivity index (χ3n) is 3.93. The second-order valence-corrected chi connectivity index (χ2v) is 7.94. The number of aliphatic hydroxyl groups is 2. The minimum absolute atomic E-state index is 0.107. The highest BCUT2D eigenvalue weighted by Crippen LogP contribution is 2.44. The maximum atomic E-state index is 9.38. The largest absolute Gasteiger partial charge is 0.396 e. The van der Waals surface area contributed by atoms with E-state index in [1.807, 2.05) is 24.3 Å². The lowest BCUT2D eigenvalue weighted by atomic mass is 10.1. The molecule has 0 aromatic heterocycles. The van der Waals surface area contributed by atoms with Gasteiger partial charge >= 0.3 is 0 Å². The van der Waals surface area contributed by atoms with Gasteiger partial charge in [-0.2, -0.15) is 0 Å². The van der Waals surface area contributed by atoms with Gasteiger partial charge in [0.25, 0.3) is 0 Å². The number of hydrogen-bond acceptors (Lipinski definition) is 6. The Morgan fingerprint density at radius 3 is 1.46 bits per heavy atom. The molecule has 0 saturated carbocycles. The van der Waals surface area contributed by atoms with Crippen molar-refractivity contribution in [1.29, 1.82) is 0 Å². The molecular weight excluding hydrogens is 368 g/mol. The Labute approximate surface area is 163 Å². The molecule has 2 aromatic carbocycles. The predicted molar refractivity (Wildman–Crippen MR) is 108 cm³/mol. The van der Waals surface area contributed by atoms with Gasteiger partial charge in [0.1, 0.15) is 0 Å². The molecule has 0 saturated heterocycles. The van der Waals surface area contributed by atoms with E-state index in [2.05, 4.69) is 12.1 Å². The molecule has 0 fully saturated rings. The van der Waals surface area contributed by atoms with Crippen molar-refractivity contribution in [2.75, 3.05) is 27.4 Å². The maximum Gasteiger partial charge on any atom is 0.0724 e. The van der Waals surface area contributed by atoms with Gasteiger partial charge in [0.15, 0.2) is 0 Å². The normalized spacial score (nSPS) is 11.1. The Bertz CT molecular complexity index is 584. The van der Waals surface area contributed by atoms with E-state index in [0.29, 0.717) is 26.1 Å². The molecule has 6 heteroatoms. The van der Waals surface area contributed by atoms with Gasteiger partial charge in [0.2, 0.25) is 0 Å². The lowest BCUT2D eigenvalue weighted by molar-refractivity contribution is 0.176. The molecule has 0 heterocycles. The number of benzene rings is 2. The Kier molecular flexibility index (Phi) is 9.53. The Morgan fingerprint density at radius 1 is 0.692 bits per heavy atom. The van der Waals surface area contributed by atoms with E-state index < -0.39 is 0 Å². The molecule has 0 radical (unpaired) electrons. The number of aliphatic hydroxyl groups excluding tert-OH is 2. The summed E-state index contributed by atoms with van der Waals surface area (Å²) in [6.45, 7) is 1.30. The van der Waals surface area contributed by atoms with E-state index in [-0.39, 0.29) is 13.2 Å². The second-order valence-electron chi connectivity index (χ2n) is 5.79. The highest BCUT2D eigenvalue weighted by atomic mass is 33.1. The zero-order valence-electron chi connectivity index (χ0n) is 15.2. The van der Waals surface area contributed by atoms with Crippen molar-refractivity contribution in [3.05, 3.63) is 58.7 Å². The maximum absolute atomic E-state index is 9.38. The molecule has 0 bridgehead atoms. The van der Waals surface area contributed by atoms with Gasteiger partial charge in [-0.3, -0.25) is 0 Å². The standard InChI is InChI=1S/C20H26O4S2/c1-23-13-17-7-4-8-18(14-24-2)20(17)26-25-19-15(9-11-21)5-3-6-16(19)10-12-22/h3-8,21-22H,9-14H2,1-2H3. The Hall–Kier alpha value is -1.02. The minimum Gasteiger partial charge on any atom is -0.396 e. The lowest BCUT2D eigenvalue weighted by Gasteiger charge is -2.16. The number of rotatable bonds is 11. The molecule has 26 heavy (non-hydrogen) atoms. The smallest absolute Gasteiger partial charge is 0.0724 e. The first-order valence-corrected chi connectivity index (χ1v) is 10.7. The fourth-order valence-corrected chi connectivity index (χ4v) is 5.72. The van der Waals surface area contributed by atoms with Crippen LogP contribution in [0.15, 0.2) is 46.2 Å². The third kappa shape index (κ3) is 5.74. The van der Waals surface area contributed by atoms with Gasteiger partial charge < -0.3 is 19.7 Å². The fourth-order valence-electron chi connectivity index (χ4n) is 2.75. The van der Waals surface area contributed by atoms with Gasteiger partial charge in [-0.1, -0.05) is 58.0 Å². The molecule has 2 N–H and O–H groups in total. The number of methoxy groups -OCH3 is 2. The minimum atomic E-state index is 0.107. The molecule has 4 nitrogen and oxygen atoms in total. The first-order chi connectivity index (χ1) is 12.7. The van der Waals surface area contributed by atoms with E-state index in [1.165, 1.54) is 0 Å². The second kappa shape index (κ2) is 11.6. The topological polar surface area (TPSA) is 58.9 Å². The SMILES string of the molecule is COCc1cccc(COC)c1SSc1c(CCO)cccc1CCO. The zero-order valence-corrected chi connectivity index (χ0v) is 16.9. The quantitative estimate of drug-likeness (QED) is 0.565. The van der Waals surface area contributed by atoms with E-state index in [4.69, 9.17) is 9.47 Å². The summed E-state index contributed by atoms with van der Waals surface area (Å²) >= 11 is 0. The van der Waals surface area contributed by atoms with Gasteiger partial charge in [0, 0.05) is 37.2 Å². The molecule has 0 aliphatic rings. The molecule has 2 rings (SSSR count). The van der Waals surface area contributed by atoms with Crippen molar-refractivity contribution in [2.45, 2.75) is 35.8 Å². The fraction of sp³-hybridized carbons (Fsp3) is 0.400. The molecule has 0 aliphatic carbocycles. The summed E-state index contributed by atoms with van der Waals surface area (Å²) in [5.41, 5.74) is 4.47. The average molecular weight is 395 g/mol. The van der Waals surface area contributed by atoms with Gasteiger partial charge in [-0.25, -0.2) is 0 Å². The number of ether oxygens (including phenoxy) is 2. The Morgan fingerprint density at radius 2 is 1.08 bits per heavy atom. The Balaban J connectivity index is 2.33. The zero-order chi connectivity index (χ0) is 18.8. The van der Waals surface area contributed by atoms with E-state index in [0.717, 1.165) is 32.0 Å². The van der Waals surface area contributed by atoms with Gasteiger partial charge in [-0.05, 0) is 35.1 Å². The highest BCUT2D eigenvalue weighted by Gasteiger charge is 2.14. The summed E-state index contributed by atoms with van der Waals surface area (Å²) in [6, 6.07) is 12.2. The van der Waals surface area contributed by atoms with Crippen LogP contribution in [0.1, 0.15) is 22.3 Å². The molecule has 0 aliphatic heterocycles. The van der Waals surface area contributed by atoms with Gasteiger partial charge in [-0.15, -0.1) is 0 Å². The van der Waals surface area contributed by atoms with Crippen LogP contribution < -0.4 is 0 Å². The van der Waals surface area contributed by atoms with Crippen LogP contribution in [0.3, 0.4) is 0 Å². The predicted octanol–water partition coefficient (Wildman–Crippen LogP) is 3.85. The summed E-state index contributed by atoms with van der Waals surface area (Å²) in [4.78, 5) is 2.27. The molecule has 0 atom stereocenters. The van der Waals surface area contributed by atoms with E-state index in [1.54, 1.807) is 35.8 Å². The van der Waals surface area contributed by atoms with Crippen LogP contribution in [0, 0.1) is 0 Å². The summed E-state index contributed by atoms with van der Waals surface area (Å²) in [6.07, 6.45) is 1.21. The summed E-state index contributed by atoms with van der Waals surface area (Å²) in [7, 11) is 6.74. The molecule has 0 spiro atoms.